The highest BCUT2D eigenvalue weighted by Gasteiger charge is 2.37. The van der Waals surface area contributed by atoms with Crippen molar-refractivity contribution in [3.05, 3.63) is 48.5 Å². The fraction of sp³-hybridized carbons (Fsp3) is 0.545. The quantitative estimate of drug-likeness (QED) is 0.106. The first-order valence-electron chi connectivity index (χ1n) is 20.6. The van der Waals surface area contributed by atoms with Crippen LogP contribution in [0.25, 0.3) is 32.7 Å². The molecule has 0 fully saturated rings. The molecule has 50 heavy (non-hydrogen) atoms. The lowest BCUT2D eigenvalue weighted by Gasteiger charge is -2.34. The van der Waals surface area contributed by atoms with Gasteiger partial charge in [0.1, 0.15) is 11.5 Å². The van der Waals surface area contributed by atoms with E-state index < -0.39 is 32.3 Å². The van der Waals surface area contributed by atoms with E-state index in [1.165, 1.54) is 57.4 Å². The summed E-state index contributed by atoms with van der Waals surface area (Å²) in [6.45, 7) is 28.6. The molecule has 0 heterocycles. The fourth-order valence-corrected chi connectivity index (χ4v) is 25.2. The third-order valence-corrected chi connectivity index (χ3v) is 37.4. The maximum atomic E-state index is 12.3. The molecule has 4 aromatic rings. The molecule has 6 heteroatoms. The van der Waals surface area contributed by atoms with Crippen molar-refractivity contribution in [2.24, 2.45) is 0 Å². The first-order chi connectivity index (χ1) is 23.9. The first kappa shape index (κ1) is 40.6. The molecular weight excluding hydrogens is 673 g/mol. The van der Waals surface area contributed by atoms with Gasteiger partial charge >= 0.3 is 0 Å². The zero-order valence-electron chi connectivity index (χ0n) is 34.0. The van der Waals surface area contributed by atoms with Crippen molar-refractivity contribution >= 4 is 74.6 Å². The molecule has 0 unspecified atom stereocenters. The molecule has 2 nitrogen and oxygen atoms in total. The molecule has 2 N–H and O–H groups in total. The van der Waals surface area contributed by atoms with E-state index in [1.807, 2.05) is 0 Å². The van der Waals surface area contributed by atoms with Crippen LogP contribution in [-0.4, -0.2) is 42.5 Å². The van der Waals surface area contributed by atoms with Gasteiger partial charge in [-0.3, -0.25) is 0 Å². The van der Waals surface area contributed by atoms with Gasteiger partial charge in [-0.1, -0.05) is 202 Å². The topological polar surface area (TPSA) is 40.5 Å². The number of benzene rings is 4. The highest BCUT2D eigenvalue weighted by Crippen LogP contribution is 2.46. The molecule has 0 saturated heterocycles. The maximum Gasteiger partial charge on any atom is 0.124 e. The summed E-state index contributed by atoms with van der Waals surface area (Å²) in [5.41, 5.74) is 1.64. The summed E-state index contributed by atoms with van der Waals surface area (Å²) in [5, 5.41) is 35.5. The summed E-state index contributed by atoms with van der Waals surface area (Å²) in [6, 6.07) is 33.4. The van der Waals surface area contributed by atoms with E-state index in [1.54, 1.807) is 10.4 Å². The minimum absolute atomic E-state index is 0.329. The molecule has 274 valence electrons. The van der Waals surface area contributed by atoms with Gasteiger partial charge in [-0.05, 0) is 44.1 Å². The third-order valence-electron chi connectivity index (χ3n) is 15.0. The van der Waals surface area contributed by atoms with E-state index in [-0.39, 0.29) is 0 Å². The fourth-order valence-electron chi connectivity index (χ4n) is 10.2. The number of hydrogen-bond acceptors (Lipinski definition) is 2. The Balaban J connectivity index is 2.27. The minimum Gasteiger partial charge on any atom is -0.507 e. The second kappa shape index (κ2) is 16.3. The van der Waals surface area contributed by atoms with Gasteiger partial charge in [0.25, 0.3) is 0 Å². The van der Waals surface area contributed by atoms with E-state index in [2.05, 4.69) is 132 Å². The lowest BCUT2D eigenvalue weighted by atomic mass is 9.92. The number of rotatable bonds is 17. The summed E-state index contributed by atoms with van der Waals surface area (Å²) < 4.78 is 0. The highest BCUT2D eigenvalue weighted by molar-refractivity contribution is 6.95. The van der Waals surface area contributed by atoms with Crippen LogP contribution < -0.4 is 20.7 Å². The van der Waals surface area contributed by atoms with Crippen molar-refractivity contribution in [1.82, 2.24) is 0 Å². The van der Waals surface area contributed by atoms with Gasteiger partial charge in [-0.2, -0.15) is 0 Å². The largest absolute Gasteiger partial charge is 0.507 e. The molecule has 0 aliphatic carbocycles. The molecule has 0 bridgehead atoms. The predicted molar refractivity (Wildman–Crippen MR) is 238 cm³/mol. The summed E-state index contributed by atoms with van der Waals surface area (Å²) in [7, 11) is -7.07. The summed E-state index contributed by atoms with van der Waals surface area (Å²) >= 11 is 0. The summed E-state index contributed by atoms with van der Waals surface area (Å²) in [5.74, 6) is 0.658. The second-order valence-electron chi connectivity index (χ2n) is 15.5. The van der Waals surface area contributed by atoms with Gasteiger partial charge in [-0.15, -0.1) is 0 Å². The van der Waals surface area contributed by atoms with E-state index >= 15 is 0 Å². The maximum absolute atomic E-state index is 12.3. The summed E-state index contributed by atoms with van der Waals surface area (Å²) in [4.78, 5) is 0. The van der Waals surface area contributed by atoms with Crippen LogP contribution in [0.4, 0.5) is 0 Å². The van der Waals surface area contributed by atoms with E-state index in [4.69, 9.17) is 0 Å². The number of phenolic OH excluding ortho intramolecular Hbond substituents is 2. The van der Waals surface area contributed by atoms with Gasteiger partial charge in [-0.25, -0.2) is 0 Å². The Bertz CT molecular complexity index is 1610. The molecule has 0 amide bonds. The van der Waals surface area contributed by atoms with E-state index in [0.29, 0.717) is 11.5 Å². The van der Waals surface area contributed by atoms with Crippen LogP contribution in [0.5, 0.6) is 11.5 Å². The zero-order chi connectivity index (χ0) is 37.1. The molecule has 0 spiro atoms. The Kier molecular flexibility index (Phi) is 13.2. The van der Waals surface area contributed by atoms with Crippen molar-refractivity contribution in [2.45, 2.75) is 156 Å². The molecule has 0 saturated carbocycles. The first-order valence-corrected chi connectivity index (χ1v) is 31.0. The van der Waals surface area contributed by atoms with Crippen molar-refractivity contribution in [3.8, 4) is 22.6 Å². The Labute approximate surface area is 310 Å². The van der Waals surface area contributed by atoms with Gasteiger partial charge in [0.15, 0.2) is 0 Å². The van der Waals surface area contributed by atoms with Crippen molar-refractivity contribution < 1.29 is 10.2 Å². The molecule has 0 aromatic heterocycles. The predicted octanol–water partition coefficient (Wildman–Crippen LogP) is 11.9. The Morgan fingerprint density at radius 1 is 0.340 bits per heavy atom. The standard InChI is InChI=1S/C44H70O2Si4/c1-13-47(14-2,15-3)33-25-27-35-37(29-33)41(49(19-7,20-8)21-9)31-39(45)43(35)44-36-28-26-34(48(16-4,17-5)18-6)30-38(36)42(32-40(44)46)50(22-10,23-11)24-12/h25-32,45-46H,13-24H2,1-12H3. The van der Waals surface area contributed by atoms with Crippen LogP contribution in [0.1, 0.15) is 83.1 Å². The van der Waals surface area contributed by atoms with Crippen molar-refractivity contribution in [3.63, 3.8) is 0 Å². The van der Waals surface area contributed by atoms with Gasteiger partial charge in [0.05, 0.1) is 32.3 Å². The van der Waals surface area contributed by atoms with Crippen LogP contribution in [0, 0.1) is 0 Å². The smallest absolute Gasteiger partial charge is 0.124 e. The van der Waals surface area contributed by atoms with Gasteiger partial charge in [0.2, 0.25) is 0 Å². The average molecular weight is 743 g/mol. The van der Waals surface area contributed by atoms with Crippen LogP contribution in [-0.2, 0) is 0 Å². The van der Waals surface area contributed by atoms with Crippen LogP contribution in [0.3, 0.4) is 0 Å². The van der Waals surface area contributed by atoms with Crippen LogP contribution >= 0.6 is 0 Å². The normalized spacial score (nSPS) is 13.1. The Morgan fingerprint density at radius 3 is 0.840 bits per heavy atom. The van der Waals surface area contributed by atoms with Gasteiger partial charge < -0.3 is 10.2 Å². The van der Waals surface area contributed by atoms with Crippen molar-refractivity contribution in [1.29, 1.82) is 0 Å². The molecule has 0 atom stereocenters. The second-order valence-corrected chi connectivity index (χ2v) is 36.5. The molecule has 4 aromatic carbocycles. The average Bonchev–Trinajstić information content (AvgIpc) is 3.16. The van der Waals surface area contributed by atoms with Crippen molar-refractivity contribution in [2.75, 3.05) is 0 Å². The Hall–Kier alpha value is -2.13. The lowest BCUT2D eigenvalue weighted by molar-refractivity contribution is 0.470. The monoisotopic (exact) mass is 742 g/mol. The molecular formula is C44H70O2Si4. The minimum atomic E-state index is -1.88. The molecule has 0 aliphatic heterocycles. The number of hydrogen-bond donors (Lipinski definition) is 2. The number of fused-ring (bicyclic) bond motifs is 2. The SMILES string of the molecule is CC[Si](CC)(CC)c1ccc2c(-c3c(O)cc([Si](CC)(CC)CC)c4cc([Si](CC)(CC)CC)ccc34)c(O)cc([Si](CC)(CC)CC)c2c1. The molecule has 0 radical (unpaired) electrons. The molecule has 4 rings (SSSR count). The highest BCUT2D eigenvalue weighted by atomic mass is 28.3. The number of aromatic hydroxyl groups is 2. The molecule has 0 aliphatic rings. The third kappa shape index (κ3) is 6.43. The number of phenols is 2. The van der Waals surface area contributed by atoms with E-state index in [9.17, 15) is 10.2 Å². The summed E-state index contributed by atoms with van der Waals surface area (Å²) in [6.07, 6.45) is 0. The van der Waals surface area contributed by atoms with Crippen LogP contribution in [0.2, 0.25) is 72.5 Å². The zero-order valence-corrected chi connectivity index (χ0v) is 38.0. The Morgan fingerprint density at radius 2 is 0.600 bits per heavy atom. The van der Waals surface area contributed by atoms with Gasteiger partial charge in [0, 0.05) is 11.1 Å². The lowest BCUT2D eigenvalue weighted by Crippen LogP contribution is -2.48. The van der Waals surface area contributed by atoms with E-state index in [0.717, 1.165) is 58.2 Å². The van der Waals surface area contributed by atoms with Crippen LogP contribution in [0.15, 0.2) is 48.5 Å².